The van der Waals surface area contributed by atoms with Gasteiger partial charge in [0, 0.05) is 32.2 Å². The molecule has 1 atom stereocenters. The molecule has 1 heterocycles. The van der Waals surface area contributed by atoms with Crippen LogP contribution in [0.5, 0.6) is 5.75 Å². The van der Waals surface area contributed by atoms with Crippen LogP contribution in [0.2, 0.25) is 0 Å². The van der Waals surface area contributed by atoms with Crippen LogP contribution in [0.15, 0.2) is 53.5 Å². The molecule has 1 fully saturated rings. The molecule has 6 nitrogen and oxygen atoms in total. The van der Waals surface area contributed by atoms with Gasteiger partial charge >= 0.3 is 0 Å². The van der Waals surface area contributed by atoms with Gasteiger partial charge < -0.3 is 25.2 Å². The van der Waals surface area contributed by atoms with Gasteiger partial charge in [0.15, 0.2) is 5.96 Å². The lowest BCUT2D eigenvalue weighted by molar-refractivity contribution is 0.402. The summed E-state index contributed by atoms with van der Waals surface area (Å²) < 4.78 is 5.53. The summed E-state index contributed by atoms with van der Waals surface area (Å²) >= 11 is 0. The van der Waals surface area contributed by atoms with Crippen LogP contribution < -0.4 is 20.3 Å². The van der Waals surface area contributed by atoms with Crippen LogP contribution in [-0.2, 0) is 13.1 Å². The highest BCUT2D eigenvalue weighted by molar-refractivity contribution is 14.0. The fraction of sp³-hybridized carbons (Fsp3) is 0.458. The number of guanidine groups is 1. The van der Waals surface area contributed by atoms with Crippen LogP contribution in [0.4, 0.5) is 5.69 Å². The lowest BCUT2D eigenvalue weighted by Crippen LogP contribution is -2.44. The van der Waals surface area contributed by atoms with E-state index in [4.69, 9.17) is 9.73 Å². The monoisotopic (exact) mass is 537 g/mol. The van der Waals surface area contributed by atoms with Crippen LogP contribution in [0.3, 0.4) is 0 Å². The van der Waals surface area contributed by atoms with Crippen molar-refractivity contribution in [1.29, 1.82) is 0 Å². The minimum atomic E-state index is 0. The van der Waals surface area contributed by atoms with E-state index in [1.165, 1.54) is 11.1 Å². The molecular formula is C24H36IN5O. The average Bonchev–Trinajstić information content (AvgIpc) is 3.20. The van der Waals surface area contributed by atoms with Gasteiger partial charge in [0.2, 0.25) is 0 Å². The van der Waals surface area contributed by atoms with Crippen LogP contribution in [0.1, 0.15) is 24.5 Å². The molecule has 1 aliphatic rings. The summed E-state index contributed by atoms with van der Waals surface area (Å²) in [5.41, 5.74) is 3.70. The Hall–Kier alpha value is -2.00. The summed E-state index contributed by atoms with van der Waals surface area (Å²) in [5, 5.41) is 7.01. The van der Waals surface area contributed by atoms with Crippen LogP contribution in [-0.4, -0.2) is 57.7 Å². The molecule has 170 valence electrons. The van der Waals surface area contributed by atoms with Gasteiger partial charge in [-0.3, -0.25) is 0 Å². The second-order valence-electron chi connectivity index (χ2n) is 8.00. The van der Waals surface area contributed by atoms with Gasteiger partial charge in [-0.2, -0.15) is 0 Å². The normalized spacial score (nSPS) is 16.2. The summed E-state index contributed by atoms with van der Waals surface area (Å²) in [6, 6.07) is 17.2. The number of nitrogens with zero attached hydrogens (tertiary/aromatic N) is 3. The van der Waals surface area contributed by atoms with Crippen LogP contribution in [0.25, 0.3) is 0 Å². The third-order valence-corrected chi connectivity index (χ3v) is 5.21. The van der Waals surface area contributed by atoms with E-state index in [0.717, 1.165) is 50.0 Å². The van der Waals surface area contributed by atoms with E-state index in [2.05, 4.69) is 77.9 Å². The summed E-state index contributed by atoms with van der Waals surface area (Å²) in [5.74, 6) is 1.80. The quantitative estimate of drug-likeness (QED) is 0.306. The SMILES string of the molecule is CCNC(=NCc1cccc(CN(C)C)c1)NC1CCN(c2ccccc2OC)C1.I. The zero-order chi connectivity index (χ0) is 21.3. The number of halogens is 1. The number of anilines is 1. The van der Waals surface area contributed by atoms with E-state index >= 15 is 0 Å². The van der Waals surface area contributed by atoms with Crippen molar-refractivity contribution >= 4 is 35.6 Å². The molecule has 0 spiro atoms. The maximum atomic E-state index is 5.53. The molecule has 0 aliphatic carbocycles. The molecule has 0 bridgehead atoms. The fourth-order valence-corrected chi connectivity index (χ4v) is 3.86. The van der Waals surface area contributed by atoms with Crippen molar-refractivity contribution in [1.82, 2.24) is 15.5 Å². The lowest BCUT2D eigenvalue weighted by Gasteiger charge is -2.22. The van der Waals surface area contributed by atoms with Crippen LogP contribution >= 0.6 is 24.0 Å². The van der Waals surface area contributed by atoms with E-state index in [1.807, 2.05) is 12.1 Å². The molecule has 1 unspecified atom stereocenters. The number of para-hydroxylation sites is 2. The minimum absolute atomic E-state index is 0. The maximum absolute atomic E-state index is 5.53. The largest absolute Gasteiger partial charge is 0.495 e. The maximum Gasteiger partial charge on any atom is 0.191 e. The van der Waals surface area contributed by atoms with Crippen LogP contribution in [0, 0.1) is 0 Å². The first-order valence-electron chi connectivity index (χ1n) is 10.7. The van der Waals surface area contributed by atoms with Gasteiger partial charge in [-0.15, -0.1) is 24.0 Å². The highest BCUT2D eigenvalue weighted by Gasteiger charge is 2.25. The Bertz CT molecular complexity index is 842. The topological polar surface area (TPSA) is 52.1 Å². The lowest BCUT2D eigenvalue weighted by atomic mass is 10.1. The Kier molecular flexibility index (Phi) is 10.4. The molecule has 31 heavy (non-hydrogen) atoms. The molecule has 7 heteroatoms. The van der Waals surface area contributed by atoms with Crippen molar-refractivity contribution < 1.29 is 4.74 Å². The van der Waals surface area contributed by atoms with Crippen molar-refractivity contribution in [2.24, 2.45) is 4.99 Å². The number of nitrogens with one attached hydrogen (secondary N) is 2. The first kappa shape index (κ1) is 25.3. The predicted molar refractivity (Wildman–Crippen MR) is 141 cm³/mol. The highest BCUT2D eigenvalue weighted by Crippen LogP contribution is 2.30. The average molecular weight is 537 g/mol. The third kappa shape index (κ3) is 7.57. The predicted octanol–water partition coefficient (Wildman–Crippen LogP) is 3.71. The molecule has 1 aliphatic heterocycles. The minimum Gasteiger partial charge on any atom is -0.495 e. The number of hydrogen-bond donors (Lipinski definition) is 2. The number of benzene rings is 2. The van der Waals surface area contributed by atoms with Crippen molar-refractivity contribution in [3.8, 4) is 5.75 Å². The smallest absolute Gasteiger partial charge is 0.191 e. The van der Waals surface area contributed by atoms with Crippen molar-refractivity contribution in [3.63, 3.8) is 0 Å². The molecule has 0 aromatic heterocycles. The molecule has 2 aromatic carbocycles. The summed E-state index contributed by atoms with van der Waals surface area (Å²) in [7, 11) is 5.91. The number of aliphatic imine (C=N–C) groups is 1. The van der Waals surface area contributed by atoms with E-state index in [1.54, 1.807) is 7.11 Å². The number of methoxy groups -OCH3 is 1. The summed E-state index contributed by atoms with van der Waals surface area (Å²) in [4.78, 5) is 9.40. The van der Waals surface area contributed by atoms with Gasteiger partial charge in [-0.25, -0.2) is 4.99 Å². The third-order valence-electron chi connectivity index (χ3n) is 5.21. The van der Waals surface area contributed by atoms with Gasteiger partial charge in [0.05, 0.1) is 19.3 Å². The Morgan fingerprint density at radius 2 is 1.94 bits per heavy atom. The first-order valence-corrected chi connectivity index (χ1v) is 10.7. The zero-order valence-corrected chi connectivity index (χ0v) is 21.4. The highest BCUT2D eigenvalue weighted by atomic mass is 127. The first-order chi connectivity index (χ1) is 14.6. The van der Waals surface area contributed by atoms with Gasteiger partial charge in [0.25, 0.3) is 0 Å². The molecule has 0 radical (unpaired) electrons. The molecule has 2 aromatic rings. The fourth-order valence-electron chi connectivity index (χ4n) is 3.86. The van der Waals surface area contributed by atoms with Gasteiger partial charge in [-0.1, -0.05) is 36.4 Å². The molecule has 3 rings (SSSR count). The van der Waals surface area contributed by atoms with E-state index < -0.39 is 0 Å². The number of hydrogen-bond acceptors (Lipinski definition) is 4. The summed E-state index contributed by atoms with van der Waals surface area (Å²) in [6.07, 6.45) is 1.07. The Balaban J connectivity index is 0.00000341. The standard InChI is InChI=1S/C24H35N5O.HI/c1-5-25-24(26-16-19-9-8-10-20(15-19)17-28(2)3)27-21-13-14-29(18-21)22-11-6-7-12-23(22)30-4;/h6-12,15,21H,5,13-14,16-18H2,1-4H3,(H2,25,26,27);1H. The molecular weight excluding hydrogens is 501 g/mol. The van der Waals surface area contributed by atoms with E-state index in [9.17, 15) is 0 Å². The number of rotatable bonds is 8. The van der Waals surface area contributed by atoms with Crippen molar-refractivity contribution in [2.45, 2.75) is 32.5 Å². The molecule has 0 saturated carbocycles. The van der Waals surface area contributed by atoms with E-state index in [0.29, 0.717) is 12.6 Å². The Morgan fingerprint density at radius 1 is 1.16 bits per heavy atom. The summed E-state index contributed by atoms with van der Waals surface area (Å²) in [6.45, 7) is 6.49. The Labute approximate surface area is 204 Å². The van der Waals surface area contributed by atoms with E-state index in [-0.39, 0.29) is 24.0 Å². The molecule has 1 saturated heterocycles. The van der Waals surface area contributed by atoms with Crippen molar-refractivity contribution in [3.05, 3.63) is 59.7 Å². The second kappa shape index (κ2) is 12.8. The molecule has 0 amide bonds. The molecule has 2 N–H and O–H groups in total. The van der Waals surface area contributed by atoms with Gasteiger partial charge in [0.1, 0.15) is 5.75 Å². The van der Waals surface area contributed by atoms with Gasteiger partial charge in [-0.05, 0) is 50.7 Å². The second-order valence-corrected chi connectivity index (χ2v) is 8.00. The zero-order valence-electron chi connectivity index (χ0n) is 19.1. The Morgan fingerprint density at radius 3 is 2.68 bits per heavy atom. The van der Waals surface area contributed by atoms with Crippen molar-refractivity contribution in [2.75, 3.05) is 45.7 Å². The number of ether oxygens (including phenoxy) is 1.